The molecule has 0 saturated carbocycles. The summed E-state index contributed by atoms with van der Waals surface area (Å²) >= 11 is 0. The van der Waals surface area contributed by atoms with Gasteiger partial charge in [-0.1, -0.05) is 51.7 Å². The Bertz CT molecular complexity index is 858. The highest BCUT2D eigenvalue weighted by atomic mass is 16.5. The highest BCUT2D eigenvalue weighted by Gasteiger charge is 2.36. The topological polar surface area (TPSA) is 38.7 Å². The standard InChI is InChI=1S/C24H29NO2/c1-7-8-19(16-25-17-22(26)27-6)10-9-18-11-12-20-21(15-18)24(4,5)14-13-23(20,2)3/h7-8,11-12,15-17H,13-14H2,1-6H3/b8-7-,19-16+,25-17+. The summed E-state index contributed by atoms with van der Waals surface area (Å²) in [7, 11) is 1.32. The Morgan fingerprint density at radius 2 is 1.81 bits per heavy atom. The average Bonchev–Trinajstić information content (AvgIpc) is 2.63. The van der Waals surface area contributed by atoms with Gasteiger partial charge in [0.05, 0.1) is 7.11 Å². The van der Waals surface area contributed by atoms with Crippen molar-refractivity contribution in [3.63, 3.8) is 0 Å². The lowest BCUT2D eigenvalue weighted by Crippen LogP contribution is -2.33. The highest BCUT2D eigenvalue weighted by Crippen LogP contribution is 2.45. The molecule has 0 aliphatic heterocycles. The Morgan fingerprint density at radius 1 is 1.15 bits per heavy atom. The van der Waals surface area contributed by atoms with Crippen LogP contribution in [-0.2, 0) is 20.4 Å². The van der Waals surface area contributed by atoms with Crippen molar-refractivity contribution in [1.82, 2.24) is 0 Å². The van der Waals surface area contributed by atoms with Crippen LogP contribution in [0.4, 0.5) is 0 Å². The molecule has 1 aliphatic carbocycles. The van der Waals surface area contributed by atoms with Crippen LogP contribution in [0, 0.1) is 11.8 Å². The van der Waals surface area contributed by atoms with Crippen molar-refractivity contribution < 1.29 is 9.53 Å². The summed E-state index contributed by atoms with van der Waals surface area (Å²) < 4.78 is 4.54. The number of esters is 1. The number of hydrogen-bond donors (Lipinski definition) is 0. The van der Waals surface area contributed by atoms with Crippen LogP contribution in [0.25, 0.3) is 0 Å². The van der Waals surface area contributed by atoms with E-state index in [9.17, 15) is 4.79 Å². The monoisotopic (exact) mass is 363 g/mol. The van der Waals surface area contributed by atoms with Crippen molar-refractivity contribution in [3.05, 3.63) is 58.8 Å². The molecule has 0 heterocycles. The van der Waals surface area contributed by atoms with Crippen molar-refractivity contribution in [3.8, 4) is 11.8 Å². The number of ether oxygens (including phenoxy) is 1. The van der Waals surface area contributed by atoms with Crippen molar-refractivity contribution in [2.45, 2.75) is 58.3 Å². The molecule has 2 rings (SSSR count). The summed E-state index contributed by atoms with van der Waals surface area (Å²) in [6.07, 6.45) is 8.84. The van der Waals surface area contributed by atoms with Crippen LogP contribution >= 0.6 is 0 Å². The summed E-state index contributed by atoms with van der Waals surface area (Å²) in [5.74, 6) is 5.89. The van der Waals surface area contributed by atoms with Crippen LogP contribution in [0.3, 0.4) is 0 Å². The minimum atomic E-state index is -0.487. The van der Waals surface area contributed by atoms with Gasteiger partial charge in [0, 0.05) is 17.3 Å². The summed E-state index contributed by atoms with van der Waals surface area (Å²) in [5.41, 5.74) is 4.91. The van der Waals surface area contributed by atoms with Crippen LogP contribution in [-0.4, -0.2) is 19.3 Å². The number of rotatable bonds is 3. The maximum absolute atomic E-state index is 11.1. The number of allylic oxidation sites excluding steroid dienone is 3. The van der Waals surface area contributed by atoms with Gasteiger partial charge in [-0.05, 0) is 59.9 Å². The van der Waals surface area contributed by atoms with Crippen LogP contribution in [0.15, 0.2) is 47.1 Å². The normalized spacial score (nSPS) is 18.1. The molecule has 0 N–H and O–H groups in total. The van der Waals surface area contributed by atoms with Crippen LogP contribution < -0.4 is 0 Å². The van der Waals surface area contributed by atoms with E-state index in [2.05, 4.69) is 67.5 Å². The molecule has 0 spiro atoms. The molecule has 1 aromatic carbocycles. The Hall–Kier alpha value is -2.60. The fourth-order valence-corrected chi connectivity index (χ4v) is 3.34. The summed E-state index contributed by atoms with van der Waals surface area (Å²) in [5, 5.41) is 0. The van der Waals surface area contributed by atoms with Crippen molar-refractivity contribution in [2.24, 2.45) is 4.99 Å². The number of hydrogen-bond acceptors (Lipinski definition) is 3. The molecule has 142 valence electrons. The van der Waals surface area contributed by atoms with Gasteiger partial charge in [-0.3, -0.25) is 4.99 Å². The van der Waals surface area contributed by atoms with E-state index < -0.39 is 5.97 Å². The van der Waals surface area contributed by atoms with E-state index in [4.69, 9.17) is 0 Å². The van der Waals surface area contributed by atoms with Crippen molar-refractivity contribution in [1.29, 1.82) is 0 Å². The Kier molecular flexibility index (Phi) is 6.44. The largest absolute Gasteiger partial charge is 0.465 e. The number of nitrogens with zero attached hydrogens (tertiary/aromatic N) is 1. The molecule has 1 aliphatic rings. The quantitative estimate of drug-likeness (QED) is 0.325. The van der Waals surface area contributed by atoms with E-state index in [0.717, 1.165) is 17.4 Å². The third kappa shape index (κ3) is 5.20. The van der Waals surface area contributed by atoms with E-state index in [1.165, 1.54) is 31.1 Å². The van der Waals surface area contributed by atoms with E-state index >= 15 is 0 Å². The Morgan fingerprint density at radius 3 is 2.44 bits per heavy atom. The first-order valence-electron chi connectivity index (χ1n) is 9.30. The number of aliphatic imine (C=N–C) groups is 1. The van der Waals surface area contributed by atoms with Gasteiger partial charge in [-0.2, -0.15) is 0 Å². The lowest BCUT2D eigenvalue weighted by Gasteiger charge is -2.41. The van der Waals surface area contributed by atoms with Gasteiger partial charge < -0.3 is 4.74 Å². The van der Waals surface area contributed by atoms with Gasteiger partial charge in [0.25, 0.3) is 0 Å². The molecule has 1 aromatic rings. The second kappa shape index (κ2) is 8.39. The summed E-state index contributed by atoms with van der Waals surface area (Å²) in [4.78, 5) is 15.1. The summed E-state index contributed by atoms with van der Waals surface area (Å²) in [6.45, 7) is 11.2. The minimum absolute atomic E-state index is 0.162. The first-order chi connectivity index (χ1) is 12.7. The van der Waals surface area contributed by atoms with E-state index in [1.54, 1.807) is 6.20 Å². The number of carbonyl (C=O) groups is 1. The first kappa shape index (κ1) is 20.7. The highest BCUT2D eigenvalue weighted by molar-refractivity contribution is 6.23. The van der Waals surface area contributed by atoms with Gasteiger partial charge in [0.15, 0.2) is 0 Å². The molecule has 0 radical (unpaired) electrons. The molecule has 0 amide bonds. The molecule has 0 fully saturated rings. The molecular formula is C24H29NO2. The second-order valence-electron chi connectivity index (χ2n) is 8.16. The van der Waals surface area contributed by atoms with Crippen molar-refractivity contribution in [2.75, 3.05) is 7.11 Å². The van der Waals surface area contributed by atoms with Gasteiger partial charge in [-0.15, -0.1) is 0 Å². The van der Waals surface area contributed by atoms with Crippen LogP contribution in [0.5, 0.6) is 0 Å². The molecule has 0 bridgehead atoms. The minimum Gasteiger partial charge on any atom is -0.465 e. The molecule has 3 heteroatoms. The fourth-order valence-electron chi connectivity index (χ4n) is 3.34. The first-order valence-corrected chi connectivity index (χ1v) is 9.30. The maximum atomic E-state index is 11.1. The molecule has 3 nitrogen and oxygen atoms in total. The van der Waals surface area contributed by atoms with E-state index in [0.29, 0.717) is 0 Å². The van der Waals surface area contributed by atoms with Gasteiger partial charge in [0.1, 0.15) is 6.21 Å². The molecule has 0 atom stereocenters. The third-order valence-electron chi connectivity index (χ3n) is 5.14. The van der Waals surface area contributed by atoms with Crippen LogP contribution in [0.2, 0.25) is 0 Å². The van der Waals surface area contributed by atoms with Gasteiger partial charge >= 0.3 is 5.97 Å². The fraction of sp³-hybridized carbons (Fsp3) is 0.417. The predicted octanol–water partition coefficient (Wildman–Crippen LogP) is 5.09. The lowest BCUT2D eigenvalue weighted by atomic mass is 9.63. The van der Waals surface area contributed by atoms with E-state index in [1.807, 2.05) is 19.1 Å². The Labute approximate surface area is 163 Å². The molecule has 0 unspecified atom stereocenters. The number of methoxy groups -OCH3 is 1. The lowest BCUT2D eigenvalue weighted by molar-refractivity contribution is -0.132. The van der Waals surface area contributed by atoms with Crippen LogP contribution in [0.1, 0.15) is 64.2 Å². The zero-order chi connectivity index (χ0) is 20.1. The molecule has 0 aromatic heterocycles. The Balaban J connectivity index is 2.36. The predicted molar refractivity (Wildman–Crippen MR) is 112 cm³/mol. The zero-order valence-corrected chi connectivity index (χ0v) is 17.2. The SMILES string of the molecule is C\C=C/C(C#Cc1ccc2c(c1)C(C)(C)CCC2(C)C)=C\N=C\C(=O)OC. The van der Waals surface area contributed by atoms with E-state index in [-0.39, 0.29) is 10.8 Å². The second-order valence-corrected chi connectivity index (χ2v) is 8.16. The third-order valence-corrected chi connectivity index (χ3v) is 5.14. The number of benzene rings is 1. The summed E-state index contributed by atoms with van der Waals surface area (Å²) in [6, 6.07) is 6.56. The zero-order valence-electron chi connectivity index (χ0n) is 17.2. The van der Waals surface area contributed by atoms with Gasteiger partial charge in [0.2, 0.25) is 0 Å². The molecule has 27 heavy (non-hydrogen) atoms. The maximum Gasteiger partial charge on any atom is 0.349 e. The van der Waals surface area contributed by atoms with Gasteiger partial charge in [-0.25, -0.2) is 4.79 Å². The average molecular weight is 364 g/mol. The molecular weight excluding hydrogens is 334 g/mol. The smallest absolute Gasteiger partial charge is 0.349 e. The number of fused-ring (bicyclic) bond motifs is 1. The van der Waals surface area contributed by atoms with Crippen molar-refractivity contribution >= 4 is 12.2 Å². The molecule has 0 saturated heterocycles. The number of carbonyl (C=O) groups excluding carboxylic acids is 1.